The number of benzene rings is 1. The molecule has 130 valence electrons. The highest BCUT2D eigenvalue weighted by atomic mass is 19.1. The number of anilines is 2. The molecule has 0 amide bonds. The smallest absolute Gasteiger partial charge is 0.226 e. The van der Waals surface area contributed by atoms with Crippen LogP contribution in [0.5, 0.6) is 5.75 Å². The minimum Gasteiger partial charge on any atom is -0.491 e. The van der Waals surface area contributed by atoms with E-state index in [1.54, 1.807) is 12.1 Å². The van der Waals surface area contributed by atoms with E-state index >= 15 is 0 Å². The summed E-state index contributed by atoms with van der Waals surface area (Å²) in [5.74, 6) is 1.54. The third kappa shape index (κ3) is 2.95. The zero-order chi connectivity index (χ0) is 17.4. The van der Waals surface area contributed by atoms with E-state index in [2.05, 4.69) is 20.3 Å². The minimum absolute atomic E-state index is 0.277. The molecule has 0 atom stereocenters. The molecule has 8 heteroatoms. The summed E-state index contributed by atoms with van der Waals surface area (Å²) in [5, 5.41) is 3.18. The Bertz CT molecular complexity index is 939. The third-order valence-corrected chi connectivity index (χ3v) is 4.26. The summed E-state index contributed by atoms with van der Waals surface area (Å²) in [6.07, 6.45) is 1.65. The Balaban J connectivity index is 1.85. The summed E-state index contributed by atoms with van der Waals surface area (Å²) >= 11 is 0. The van der Waals surface area contributed by atoms with Crippen molar-refractivity contribution in [1.29, 1.82) is 0 Å². The number of rotatable bonds is 0. The number of nitrogen functional groups attached to an aromatic ring is 1. The van der Waals surface area contributed by atoms with Gasteiger partial charge in [-0.05, 0) is 37.5 Å². The van der Waals surface area contributed by atoms with Crippen LogP contribution in [0.3, 0.4) is 0 Å². The molecule has 1 aliphatic rings. The first-order chi connectivity index (χ1) is 12.1. The van der Waals surface area contributed by atoms with Crippen molar-refractivity contribution >= 4 is 22.9 Å². The van der Waals surface area contributed by atoms with Crippen molar-refractivity contribution in [3.63, 3.8) is 0 Å². The molecular weight excluding hydrogens is 323 g/mol. The number of imidazole rings is 1. The number of fused-ring (bicyclic) bond motifs is 3. The first-order valence-corrected chi connectivity index (χ1v) is 8.27. The Morgan fingerprint density at radius 2 is 2.12 bits per heavy atom. The summed E-state index contributed by atoms with van der Waals surface area (Å²) in [4.78, 5) is 13.3. The van der Waals surface area contributed by atoms with Crippen molar-refractivity contribution < 1.29 is 9.13 Å². The molecule has 0 spiro atoms. The molecule has 0 saturated heterocycles. The van der Waals surface area contributed by atoms with Crippen LogP contribution >= 0.6 is 0 Å². The predicted molar refractivity (Wildman–Crippen MR) is 93.2 cm³/mol. The first kappa shape index (κ1) is 15.6. The molecule has 3 N–H and O–H groups in total. The molecule has 4 bridgehead atoms. The van der Waals surface area contributed by atoms with E-state index in [9.17, 15) is 4.39 Å². The Morgan fingerprint density at radius 1 is 1.24 bits per heavy atom. The lowest BCUT2D eigenvalue weighted by molar-refractivity contribution is 0.293. The van der Waals surface area contributed by atoms with Crippen LogP contribution in [0.25, 0.3) is 11.2 Å². The number of hydrogen-bond donors (Lipinski definition) is 2. The number of halogens is 1. The first-order valence-electron chi connectivity index (χ1n) is 8.27. The predicted octanol–water partition coefficient (Wildman–Crippen LogP) is 2.49. The van der Waals surface area contributed by atoms with Gasteiger partial charge in [-0.25, -0.2) is 9.37 Å². The van der Waals surface area contributed by atoms with Gasteiger partial charge in [0.15, 0.2) is 28.5 Å². The number of nitrogens with zero attached hydrogens (tertiary/aromatic N) is 4. The highest BCUT2D eigenvalue weighted by Crippen LogP contribution is 2.24. The summed E-state index contributed by atoms with van der Waals surface area (Å²) in [7, 11) is 0. The standard InChI is InChI=1S/C17H19FN6O/c1-10-21-14-15(19)22-17-20-6-2-3-7-25-13-8-11(4-5-12(13)18)9-24(10)16(14)23-17/h4-5,8H,2-3,6-7,9H2,1H3,(H3,19,20,22,23). The van der Waals surface area contributed by atoms with E-state index in [0.29, 0.717) is 42.6 Å². The fraction of sp³-hybridized carbons (Fsp3) is 0.353. The monoisotopic (exact) mass is 342 g/mol. The molecule has 3 aromatic rings. The van der Waals surface area contributed by atoms with Crippen LogP contribution in [0.4, 0.5) is 16.2 Å². The van der Waals surface area contributed by atoms with Crippen LogP contribution in [0.2, 0.25) is 0 Å². The molecule has 1 aromatic carbocycles. The van der Waals surface area contributed by atoms with Gasteiger partial charge < -0.3 is 20.4 Å². The van der Waals surface area contributed by atoms with Gasteiger partial charge in [-0.1, -0.05) is 6.07 Å². The molecule has 25 heavy (non-hydrogen) atoms. The van der Waals surface area contributed by atoms with Crippen LogP contribution in [-0.4, -0.2) is 32.7 Å². The number of nitrogens with two attached hydrogens (primary N) is 1. The van der Waals surface area contributed by atoms with Gasteiger partial charge in [-0.3, -0.25) is 0 Å². The lowest BCUT2D eigenvalue weighted by Crippen LogP contribution is -2.11. The van der Waals surface area contributed by atoms with Crippen LogP contribution in [-0.2, 0) is 6.54 Å². The normalized spacial score (nSPS) is 14.8. The largest absolute Gasteiger partial charge is 0.491 e. The SMILES string of the molecule is Cc1nc2c(N)nc3nc2n1Cc1ccc(F)c(c1)OCCCCN3. The van der Waals surface area contributed by atoms with Gasteiger partial charge >= 0.3 is 0 Å². The lowest BCUT2D eigenvalue weighted by Gasteiger charge is -2.13. The fourth-order valence-electron chi connectivity index (χ4n) is 2.95. The summed E-state index contributed by atoms with van der Waals surface area (Å²) < 4.78 is 21.5. The maximum Gasteiger partial charge on any atom is 0.226 e. The van der Waals surface area contributed by atoms with Crippen molar-refractivity contribution in [3.8, 4) is 5.75 Å². The molecule has 1 aliphatic heterocycles. The van der Waals surface area contributed by atoms with E-state index in [1.165, 1.54) is 6.07 Å². The maximum absolute atomic E-state index is 14.0. The Kier molecular flexibility index (Phi) is 3.87. The molecule has 0 fully saturated rings. The second-order valence-electron chi connectivity index (χ2n) is 6.10. The molecule has 0 saturated carbocycles. The third-order valence-electron chi connectivity index (χ3n) is 4.26. The van der Waals surface area contributed by atoms with E-state index in [4.69, 9.17) is 10.5 Å². The molecular formula is C17H19FN6O. The zero-order valence-corrected chi connectivity index (χ0v) is 13.9. The Labute approximate surface area is 144 Å². The number of nitrogens with one attached hydrogen (secondary N) is 1. The highest BCUT2D eigenvalue weighted by molar-refractivity contribution is 5.83. The van der Waals surface area contributed by atoms with Gasteiger partial charge in [-0.2, -0.15) is 9.97 Å². The van der Waals surface area contributed by atoms with Crippen LogP contribution in [0.15, 0.2) is 18.2 Å². The second-order valence-corrected chi connectivity index (χ2v) is 6.10. The van der Waals surface area contributed by atoms with Crippen LogP contribution in [0.1, 0.15) is 24.2 Å². The highest BCUT2D eigenvalue weighted by Gasteiger charge is 2.16. The Hall–Kier alpha value is -2.90. The maximum atomic E-state index is 14.0. The second kappa shape index (κ2) is 6.19. The molecule has 0 aliphatic carbocycles. The zero-order valence-electron chi connectivity index (χ0n) is 13.9. The lowest BCUT2D eigenvalue weighted by atomic mass is 10.2. The van der Waals surface area contributed by atoms with Crippen molar-refractivity contribution in [2.45, 2.75) is 26.3 Å². The summed E-state index contributed by atoms with van der Waals surface area (Å²) in [6, 6.07) is 4.90. The average molecular weight is 342 g/mol. The van der Waals surface area contributed by atoms with Gasteiger partial charge in [0.1, 0.15) is 5.82 Å². The van der Waals surface area contributed by atoms with Crippen molar-refractivity contribution in [2.24, 2.45) is 0 Å². The van der Waals surface area contributed by atoms with E-state index < -0.39 is 0 Å². The summed E-state index contributed by atoms with van der Waals surface area (Å²) in [6.45, 7) is 3.52. The fourth-order valence-corrected chi connectivity index (χ4v) is 2.95. The Morgan fingerprint density at radius 3 is 3.00 bits per heavy atom. The molecule has 3 heterocycles. The van der Waals surface area contributed by atoms with Gasteiger partial charge in [0.05, 0.1) is 13.2 Å². The average Bonchev–Trinajstić information content (AvgIpc) is 2.90. The van der Waals surface area contributed by atoms with E-state index in [0.717, 1.165) is 24.2 Å². The number of hydrogen-bond acceptors (Lipinski definition) is 6. The summed E-state index contributed by atoms with van der Waals surface area (Å²) in [5.41, 5.74) is 8.20. The number of aromatic nitrogens is 4. The molecule has 4 rings (SSSR count). The van der Waals surface area contributed by atoms with Gasteiger partial charge in [-0.15, -0.1) is 0 Å². The van der Waals surface area contributed by atoms with Crippen LogP contribution < -0.4 is 15.8 Å². The topological polar surface area (TPSA) is 90.9 Å². The van der Waals surface area contributed by atoms with Crippen molar-refractivity contribution in [2.75, 3.05) is 24.2 Å². The molecule has 0 unspecified atom stereocenters. The van der Waals surface area contributed by atoms with E-state index in [-0.39, 0.29) is 11.6 Å². The quantitative estimate of drug-likeness (QED) is 0.652. The molecule has 2 aromatic heterocycles. The molecule has 7 nitrogen and oxygen atoms in total. The van der Waals surface area contributed by atoms with E-state index in [1.807, 2.05) is 11.5 Å². The minimum atomic E-state index is -0.352. The van der Waals surface area contributed by atoms with Gasteiger partial charge in [0.2, 0.25) is 5.95 Å². The number of aryl methyl sites for hydroxylation is 1. The van der Waals surface area contributed by atoms with Gasteiger partial charge in [0.25, 0.3) is 0 Å². The van der Waals surface area contributed by atoms with Crippen molar-refractivity contribution in [1.82, 2.24) is 19.5 Å². The van der Waals surface area contributed by atoms with Crippen molar-refractivity contribution in [3.05, 3.63) is 35.4 Å². The van der Waals surface area contributed by atoms with Gasteiger partial charge in [0, 0.05) is 6.54 Å². The molecule has 0 radical (unpaired) electrons. The number of ether oxygens (including phenoxy) is 1. The van der Waals surface area contributed by atoms with Crippen LogP contribution in [0, 0.1) is 12.7 Å².